The Morgan fingerprint density at radius 2 is 2.16 bits per heavy atom. The van der Waals surface area contributed by atoms with Crippen LogP contribution in [0.1, 0.15) is 37.3 Å². The molecule has 19 heavy (non-hydrogen) atoms. The first-order valence-corrected chi connectivity index (χ1v) is 7.12. The molecule has 0 spiro atoms. The number of amides is 1. The van der Waals surface area contributed by atoms with Crippen molar-refractivity contribution < 1.29 is 4.79 Å². The van der Waals surface area contributed by atoms with E-state index in [9.17, 15) is 4.79 Å². The van der Waals surface area contributed by atoms with Crippen molar-refractivity contribution >= 4 is 5.91 Å². The maximum absolute atomic E-state index is 12.3. The largest absolute Gasteiger partial charge is 0.354 e. The molecule has 0 bridgehead atoms. The predicted molar refractivity (Wildman–Crippen MR) is 75.8 cm³/mol. The van der Waals surface area contributed by atoms with E-state index < -0.39 is 0 Å². The molecule has 0 radical (unpaired) electrons. The van der Waals surface area contributed by atoms with Crippen molar-refractivity contribution in [3.05, 3.63) is 35.4 Å². The molecule has 0 heterocycles. The van der Waals surface area contributed by atoms with Gasteiger partial charge in [-0.15, -0.1) is 0 Å². The number of benzene rings is 1. The second-order valence-corrected chi connectivity index (χ2v) is 6.66. The van der Waals surface area contributed by atoms with Gasteiger partial charge in [0.1, 0.15) is 0 Å². The van der Waals surface area contributed by atoms with E-state index in [2.05, 4.69) is 29.6 Å². The van der Waals surface area contributed by atoms with Crippen molar-refractivity contribution in [2.24, 2.45) is 17.6 Å². The molecule has 3 N–H and O–H groups in total. The van der Waals surface area contributed by atoms with Crippen LogP contribution in [-0.4, -0.2) is 18.0 Å². The number of rotatable bonds is 3. The van der Waals surface area contributed by atoms with E-state index in [0.29, 0.717) is 18.4 Å². The highest BCUT2D eigenvalue weighted by Crippen LogP contribution is 2.59. The molecule has 3 heteroatoms. The van der Waals surface area contributed by atoms with Crippen LogP contribution in [0, 0.1) is 11.8 Å². The summed E-state index contributed by atoms with van der Waals surface area (Å²) in [5.41, 5.74) is 8.40. The van der Waals surface area contributed by atoms with Gasteiger partial charge in [0, 0.05) is 18.0 Å². The Morgan fingerprint density at radius 3 is 2.89 bits per heavy atom. The van der Waals surface area contributed by atoms with E-state index in [1.165, 1.54) is 11.1 Å². The van der Waals surface area contributed by atoms with Crippen LogP contribution in [0.4, 0.5) is 0 Å². The predicted octanol–water partition coefficient (Wildman–Crippen LogP) is 1.82. The van der Waals surface area contributed by atoms with E-state index in [-0.39, 0.29) is 17.4 Å². The van der Waals surface area contributed by atoms with Crippen molar-refractivity contribution in [3.63, 3.8) is 0 Å². The smallest absolute Gasteiger partial charge is 0.224 e. The van der Waals surface area contributed by atoms with Gasteiger partial charge in [0.25, 0.3) is 0 Å². The minimum absolute atomic E-state index is 0.172. The van der Waals surface area contributed by atoms with E-state index >= 15 is 0 Å². The lowest BCUT2D eigenvalue weighted by Crippen LogP contribution is -2.45. The fraction of sp³-hybridized carbons (Fsp3) is 0.562. The molecule has 102 valence electrons. The minimum Gasteiger partial charge on any atom is -0.354 e. The molecule has 1 aromatic carbocycles. The Balaban J connectivity index is 1.69. The Labute approximate surface area is 114 Å². The van der Waals surface area contributed by atoms with Crippen LogP contribution in [0.25, 0.3) is 0 Å². The molecule has 1 saturated carbocycles. The molecule has 3 nitrogen and oxygen atoms in total. The summed E-state index contributed by atoms with van der Waals surface area (Å²) >= 11 is 0. The molecule has 2 aliphatic rings. The summed E-state index contributed by atoms with van der Waals surface area (Å²) in [6.45, 7) is 4.41. The zero-order chi connectivity index (χ0) is 13.6. The molecule has 2 aliphatic carbocycles. The molecule has 0 saturated heterocycles. The van der Waals surface area contributed by atoms with Gasteiger partial charge in [-0.3, -0.25) is 4.79 Å². The van der Waals surface area contributed by atoms with E-state index in [1.807, 2.05) is 13.8 Å². The zero-order valence-electron chi connectivity index (χ0n) is 11.6. The molecule has 1 aromatic rings. The number of carbonyl (C=O) groups excluding carboxylic acids is 1. The van der Waals surface area contributed by atoms with Crippen LogP contribution in [0.5, 0.6) is 0 Å². The highest BCUT2D eigenvalue weighted by molar-refractivity contribution is 5.84. The topological polar surface area (TPSA) is 55.1 Å². The highest BCUT2D eigenvalue weighted by atomic mass is 16.2. The average Bonchev–Trinajstić information content (AvgIpc) is 3.10. The van der Waals surface area contributed by atoms with Gasteiger partial charge in [-0.05, 0) is 49.7 Å². The molecule has 0 aliphatic heterocycles. The van der Waals surface area contributed by atoms with Crippen LogP contribution in [0.3, 0.4) is 0 Å². The van der Waals surface area contributed by atoms with Gasteiger partial charge in [-0.25, -0.2) is 0 Å². The summed E-state index contributed by atoms with van der Waals surface area (Å²) in [4.78, 5) is 12.3. The summed E-state index contributed by atoms with van der Waals surface area (Å²) in [6.07, 6.45) is 2.26. The number of hydrogen-bond donors (Lipinski definition) is 2. The monoisotopic (exact) mass is 258 g/mol. The van der Waals surface area contributed by atoms with E-state index in [0.717, 1.165) is 12.8 Å². The lowest BCUT2D eigenvalue weighted by molar-refractivity contribution is -0.122. The third-order valence-corrected chi connectivity index (χ3v) is 4.35. The third-order valence-electron chi connectivity index (χ3n) is 4.35. The Hall–Kier alpha value is -1.35. The fourth-order valence-corrected chi connectivity index (χ4v) is 3.36. The summed E-state index contributed by atoms with van der Waals surface area (Å²) in [6, 6.07) is 8.55. The van der Waals surface area contributed by atoms with Crippen LogP contribution >= 0.6 is 0 Å². The van der Waals surface area contributed by atoms with Gasteiger partial charge in [0.15, 0.2) is 0 Å². The first-order chi connectivity index (χ1) is 8.97. The summed E-state index contributed by atoms with van der Waals surface area (Å²) in [5, 5.41) is 3.01. The second kappa shape index (κ2) is 4.34. The molecule has 1 fully saturated rings. The Bertz CT molecular complexity index is 504. The maximum atomic E-state index is 12.3. The average molecular weight is 258 g/mol. The molecule has 3 rings (SSSR count). The quantitative estimate of drug-likeness (QED) is 0.869. The Morgan fingerprint density at radius 1 is 1.42 bits per heavy atom. The normalized spacial score (nSPS) is 28.3. The first kappa shape index (κ1) is 12.7. The van der Waals surface area contributed by atoms with Crippen LogP contribution < -0.4 is 11.1 Å². The third kappa shape index (κ3) is 2.39. The number of carbonyl (C=O) groups is 1. The highest BCUT2D eigenvalue weighted by Gasteiger charge is 2.56. The standard InChI is InChI=1S/C16H22N2O/c1-16(2,17)9-18-15(19)14-12-8-7-10-5-3-4-6-11(10)13(12)14/h3-6,12-14H,7-9,17H2,1-2H3,(H,18,19). The second-order valence-electron chi connectivity index (χ2n) is 6.66. The summed E-state index contributed by atoms with van der Waals surface area (Å²) in [7, 11) is 0. The van der Waals surface area contributed by atoms with Crippen LogP contribution in [-0.2, 0) is 11.2 Å². The van der Waals surface area contributed by atoms with Gasteiger partial charge in [-0.1, -0.05) is 24.3 Å². The molecule has 0 aromatic heterocycles. The van der Waals surface area contributed by atoms with Crippen molar-refractivity contribution in [3.8, 4) is 0 Å². The number of aryl methyl sites for hydroxylation is 1. The fourth-order valence-electron chi connectivity index (χ4n) is 3.36. The minimum atomic E-state index is -0.340. The van der Waals surface area contributed by atoms with Gasteiger partial charge in [0.2, 0.25) is 5.91 Å². The van der Waals surface area contributed by atoms with E-state index in [1.54, 1.807) is 0 Å². The van der Waals surface area contributed by atoms with Crippen LogP contribution in [0.2, 0.25) is 0 Å². The number of nitrogens with one attached hydrogen (secondary N) is 1. The zero-order valence-corrected chi connectivity index (χ0v) is 11.6. The maximum Gasteiger partial charge on any atom is 0.224 e. The van der Waals surface area contributed by atoms with Crippen molar-refractivity contribution in [2.45, 2.75) is 38.1 Å². The summed E-state index contributed by atoms with van der Waals surface area (Å²) in [5.74, 6) is 1.36. The molecular formula is C16H22N2O. The number of fused-ring (bicyclic) bond motifs is 3. The van der Waals surface area contributed by atoms with Crippen molar-refractivity contribution in [2.75, 3.05) is 6.54 Å². The number of nitrogens with two attached hydrogens (primary N) is 1. The van der Waals surface area contributed by atoms with Crippen molar-refractivity contribution in [1.29, 1.82) is 0 Å². The summed E-state index contributed by atoms with van der Waals surface area (Å²) < 4.78 is 0. The van der Waals surface area contributed by atoms with Gasteiger partial charge in [-0.2, -0.15) is 0 Å². The van der Waals surface area contributed by atoms with Gasteiger partial charge in [0.05, 0.1) is 0 Å². The SMILES string of the molecule is CC(C)(N)CNC(=O)C1C2CCc3ccccc3C21. The van der Waals surface area contributed by atoms with Crippen LogP contribution in [0.15, 0.2) is 24.3 Å². The van der Waals surface area contributed by atoms with Gasteiger partial charge < -0.3 is 11.1 Å². The lowest BCUT2D eigenvalue weighted by atomic mass is 9.92. The molecular weight excluding hydrogens is 236 g/mol. The van der Waals surface area contributed by atoms with Crippen molar-refractivity contribution in [1.82, 2.24) is 5.32 Å². The Kier molecular flexibility index (Phi) is 2.90. The van der Waals surface area contributed by atoms with E-state index in [4.69, 9.17) is 5.73 Å². The molecule has 3 atom stereocenters. The molecule has 1 amide bonds. The lowest BCUT2D eigenvalue weighted by Gasteiger charge is -2.18. The number of hydrogen-bond acceptors (Lipinski definition) is 2. The van der Waals surface area contributed by atoms with Gasteiger partial charge >= 0.3 is 0 Å². The molecule has 3 unspecified atom stereocenters. The first-order valence-electron chi connectivity index (χ1n) is 7.12.